The van der Waals surface area contributed by atoms with Crippen LogP contribution in [0.1, 0.15) is 46.3 Å². The van der Waals surface area contributed by atoms with E-state index in [-0.39, 0.29) is 5.91 Å². The zero-order valence-corrected chi connectivity index (χ0v) is 15.2. The van der Waals surface area contributed by atoms with Crippen molar-refractivity contribution in [2.75, 3.05) is 13.1 Å². The van der Waals surface area contributed by atoms with E-state index in [2.05, 4.69) is 12.2 Å². The number of allylic oxidation sites excluding steroid dienone is 1. The third-order valence-corrected chi connectivity index (χ3v) is 5.91. The molecule has 1 saturated heterocycles. The van der Waals surface area contributed by atoms with Crippen LogP contribution in [0.4, 0.5) is 0 Å². The van der Waals surface area contributed by atoms with Gasteiger partial charge in [-0.15, -0.1) is 0 Å². The van der Waals surface area contributed by atoms with Crippen LogP contribution in [-0.2, 0) is 16.6 Å². The quantitative estimate of drug-likeness (QED) is 0.902. The minimum atomic E-state index is -0.904. The second-order valence-electron chi connectivity index (χ2n) is 7.40. The molecule has 4 heteroatoms. The topological polar surface area (TPSA) is 57.6 Å². The van der Waals surface area contributed by atoms with E-state index in [0.717, 1.165) is 18.4 Å². The summed E-state index contributed by atoms with van der Waals surface area (Å²) in [5.74, 6) is -0.805. The van der Waals surface area contributed by atoms with Crippen LogP contribution >= 0.6 is 0 Å². The SMILES string of the molecule is O=C(c1ccc2c(c1)CCC=C2)N1CCC(C(=O)O)(c2ccccc2)CC1. The first-order valence-corrected chi connectivity index (χ1v) is 9.48. The van der Waals surface area contributed by atoms with Gasteiger partial charge in [0.05, 0.1) is 5.41 Å². The lowest BCUT2D eigenvalue weighted by atomic mass is 9.72. The van der Waals surface area contributed by atoms with E-state index in [1.165, 1.54) is 11.1 Å². The summed E-state index contributed by atoms with van der Waals surface area (Å²) in [6.45, 7) is 0.911. The van der Waals surface area contributed by atoms with Crippen molar-refractivity contribution in [3.63, 3.8) is 0 Å². The average Bonchev–Trinajstić information content (AvgIpc) is 2.73. The van der Waals surface area contributed by atoms with Crippen molar-refractivity contribution in [2.24, 2.45) is 0 Å². The molecule has 1 amide bonds. The highest BCUT2D eigenvalue weighted by Crippen LogP contribution is 2.36. The van der Waals surface area contributed by atoms with Gasteiger partial charge in [0.2, 0.25) is 0 Å². The Labute approximate surface area is 159 Å². The maximum Gasteiger partial charge on any atom is 0.314 e. The summed E-state index contributed by atoms with van der Waals surface area (Å²) in [4.78, 5) is 26.8. The molecule has 0 unspecified atom stereocenters. The number of benzene rings is 2. The highest BCUT2D eigenvalue weighted by Gasteiger charge is 2.43. The number of piperidine rings is 1. The van der Waals surface area contributed by atoms with Crippen molar-refractivity contribution in [2.45, 2.75) is 31.1 Å². The fraction of sp³-hybridized carbons (Fsp3) is 0.304. The predicted octanol–water partition coefficient (Wildman–Crippen LogP) is 3.90. The van der Waals surface area contributed by atoms with E-state index in [1.54, 1.807) is 4.90 Å². The largest absolute Gasteiger partial charge is 0.481 e. The van der Waals surface area contributed by atoms with Crippen LogP contribution in [-0.4, -0.2) is 35.0 Å². The molecule has 0 spiro atoms. The highest BCUT2D eigenvalue weighted by atomic mass is 16.4. The summed E-state index contributed by atoms with van der Waals surface area (Å²) >= 11 is 0. The molecular formula is C23H23NO3. The molecule has 4 rings (SSSR count). The van der Waals surface area contributed by atoms with Crippen molar-refractivity contribution in [3.05, 3.63) is 76.9 Å². The molecular weight excluding hydrogens is 338 g/mol. The number of hydrogen-bond donors (Lipinski definition) is 1. The molecule has 1 aliphatic heterocycles. The molecule has 4 nitrogen and oxygen atoms in total. The van der Waals surface area contributed by atoms with Crippen LogP contribution in [0.25, 0.3) is 6.08 Å². The molecule has 1 N–H and O–H groups in total. The van der Waals surface area contributed by atoms with Crippen LogP contribution in [0, 0.1) is 0 Å². The number of hydrogen-bond acceptors (Lipinski definition) is 2. The van der Waals surface area contributed by atoms with Gasteiger partial charge in [-0.1, -0.05) is 48.6 Å². The molecule has 0 saturated carbocycles. The molecule has 0 atom stereocenters. The Kier molecular flexibility index (Phi) is 4.56. The third kappa shape index (κ3) is 3.16. The molecule has 1 aliphatic carbocycles. The Morgan fingerprint density at radius 3 is 2.44 bits per heavy atom. The van der Waals surface area contributed by atoms with Crippen molar-refractivity contribution in [1.29, 1.82) is 0 Å². The molecule has 1 fully saturated rings. The monoisotopic (exact) mass is 361 g/mol. The van der Waals surface area contributed by atoms with Gasteiger partial charge < -0.3 is 10.0 Å². The summed E-state index contributed by atoms with van der Waals surface area (Å²) in [5, 5.41) is 9.91. The van der Waals surface area contributed by atoms with Crippen molar-refractivity contribution >= 4 is 18.0 Å². The Morgan fingerprint density at radius 1 is 1.00 bits per heavy atom. The van der Waals surface area contributed by atoms with E-state index in [1.807, 2.05) is 48.5 Å². The normalized spacial score (nSPS) is 18.0. The Morgan fingerprint density at radius 2 is 1.74 bits per heavy atom. The second kappa shape index (κ2) is 7.03. The Bertz CT molecular complexity index is 893. The van der Waals surface area contributed by atoms with Gasteiger partial charge in [0, 0.05) is 18.7 Å². The van der Waals surface area contributed by atoms with E-state index >= 15 is 0 Å². The van der Waals surface area contributed by atoms with Crippen molar-refractivity contribution < 1.29 is 14.7 Å². The van der Waals surface area contributed by atoms with Gasteiger partial charge in [-0.3, -0.25) is 9.59 Å². The standard InChI is InChI=1S/C23H23NO3/c25-21(19-11-10-17-6-4-5-7-18(17)16-19)24-14-12-23(13-15-24,22(26)27)20-8-2-1-3-9-20/h1-4,6,8-11,16H,5,7,12-15H2,(H,26,27). The summed E-state index contributed by atoms with van der Waals surface area (Å²) in [5.41, 5.74) is 3.02. The van der Waals surface area contributed by atoms with Gasteiger partial charge in [0.1, 0.15) is 0 Å². The fourth-order valence-corrected chi connectivity index (χ4v) is 4.22. The lowest BCUT2D eigenvalue weighted by Crippen LogP contribution is -2.49. The number of carboxylic acids is 1. The van der Waals surface area contributed by atoms with Crippen molar-refractivity contribution in [1.82, 2.24) is 4.90 Å². The van der Waals surface area contributed by atoms with Crippen LogP contribution in [0.3, 0.4) is 0 Å². The number of rotatable bonds is 3. The predicted molar refractivity (Wildman–Crippen MR) is 105 cm³/mol. The zero-order valence-electron chi connectivity index (χ0n) is 15.2. The van der Waals surface area contributed by atoms with Gasteiger partial charge in [-0.25, -0.2) is 0 Å². The number of carbonyl (C=O) groups excluding carboxylic acids is 1. The van der Waals surface area contributed by atoms with E-state index < -0.39 is 11.4 Å². The Hall–Kier alpha value is -2.88. The molecule has 0 radical (unpaired) electrons. The van der Waals surface area contributed by atoms with E-state index in [9.17, 15) is 14.7 Å². The number of fused-ring (bicyclic) bond motifs is 1. The van der Waals surface area contributed by atoms with Gasteiger partial charge in [0.25, 0.3) is 5.91 Å². The number of carbonyl (C=O) groups is 2. The van der Waals surface area contributed by atoms with Gasteiger partial charge >= 0.3 is 5.97 Å². The molecule has 2 aromatic carbocycles. The summed E-state index contributed by atoms with van der Waals surface area (Å²) in [6.07, 6.45) is 7.10. The number of aliphatic carboxylic acids is 1. The third-order valence-electron chi connectivity index (χ3n) is 5.91. The second-order valence-corrected chi connectivity index (χ2v) is 7.40. The maximum absolute atomic E-state index is 13.0. The maximum atomic E-state index is 13.0. The van der Waals surface area contributed by atoms with Gasteiger partial charge in [-0.2, -0.15) is 0 Å². The van der Waals surface area contributed by atoms with E-state index in [4.69, 9.17) is 0 Å². The number of aryl methyl sites for hydroxylation is 1. The first-order chi connectivity index (χ1) is 13.1. The zero-order chi connectivity index (χ0) is 18.9. The smallest absolute Gasteiger partial charge is 0.314 e. The lowest BCUT2D eigenvalue weighted by molar-refractivity contribution is -0.145. The van der Waals surface area contributed by atoms with Crippen LogP contribution in [0.2, 0.25) is 0 Å². The van der Waals surface area contributed by atoms with Crippen LogP contribution in [0.5, 0.6) is 0 Å². The van der Waals surface area contributed by atoms with Gasteiger partial charge in [-0.05, 0) is 54.5 Å². The minimum Gasteiger partial charge on any atom is -0.481 e. The first-order valence-electron chi connectivity index (χ1n) is 9.48. The number of amides is 1. The molecule has 0 bridgehead atoms. The Balaban J connectivity index is 1.52. The summed E-state index contributed by atoms with van der Waals surface area (Å²) in [6, 6.07) is 15.3. The van der Waals surface area contributed by atoms with Crippen molar-refractivity contribution in [3.8, 4) is 0 Å². The lowest BCUT2D eigenvalue weighted by Gasteiger charge is -2.39. The van der Waals surface area contributed by atoms with Crippen LogP contribution in [0.15, 0.2) is 54.6 Å². The van der Waals surface area contributed by atoms with E-state index in [0.29, 0.717) is 31.5 Å². The first kappa shape index (κ1) is 17.5. The molecule has 2 aliphatic rings. The fourth-order valence-electron chi connectivity index (χ4n) is 4.22. The molecule has 138 valence electrons. The summed E-state index contributed by atoms with van der Waals surface area (Å²) < 4.78 is 0. The number of carboxylic acid groups (broad SMARTS) is 1. The molecule has 27 heavy (non-hydrogen) atoms. The number of nitrogens with zero attached hydrogens (tertiary/aromatic N) is 1. The molecule has 0 aromatic heterocycles. The molecule has 1 heterocycles. The highest BCUT2D eigenvalue weighted by molar-refractivity contribution is 5.95. The average molecular weight is 361 g/mol. The van der Waals surface area contributed by atoms with Gasteiger partial charge in [0.15, 0.2) is 0 Å². The number of likely N-dealkylation sites (tertiary alicyclic amines) is 1. The molecule has 2 aromatic rings. The summed E-state index contributed by atoms with van der Waals surface area (Å²) in [7, 11) is 0. The minimum absolute atomic E-state index is 0.000552. The van der Waals surface area contributed by atoms with Crippen LogP contribution < -0.4 is 0 Å².